The number of Topliss-reactive ketones (excluding diaryl/α,β-unsaturated/α-hetero) is 1. The molecular formula is C37H40O18. The zero-order valence-electron chi connectivity index (χ0n) is 29.4. The van der Waals surface area contributed by atoms with E-state index in [1.54, 1.807) is 12.1 Å². The van der Waals surface area contributed by atoms with E-state index in [4.69, 9.17) is 37.9 Å². The lowest BCUT2D eigenvalue weighted by Crippen LogP contribution is -2.62. The molecule has 55 heavy (non-hydrogen) atoms. The Morgan fingerprint density at radius 2 is 1.64 bits per heavy atom. The van der Waals surface area contributed by atoms with Gasteiger partial charge in [-0.15, -0.1) is 0 Å². The predicted octanol–water partition coefficient (Wildman–Crippen LogP) is 0.0839. The fraction of sp³-hybridized carbons (Fsp3) is 0.405. The third kappa shape index (κ3) is 8.18. The number of carbonyl (C=O) groups is 2. The number of fused-ring (bicyclic) bond motifs is 1. The van der Waals surface area contributed by atoms with Crippen LogP contribution in [0.1, 0.15) is 34.0 Å². The Morgan fingerprint density at radius 3 is 2.25 bits per heavy atom. The largest absolute Gasteiger partial charge is 0.507 e. The van der Waals surface area contributed by atoms with Crippen molar-refractivity contribution >= 4 is 17.8 Å². The summed E-state index contributed by atoms with van der Waals surface area (Å²) in [5.41, 5.74) is -1.17. The van der Waals surface area contributed by atoms with Gasteiger partial charge in [0.25, 0.3) is 0 Å². The Morgan fingerprint density at radius 1 is 0.945 bits per heavy atom. The van der Waals surface area contributed by atoms with Crippen molar-refractivity contribution in [2.75, 3.05) is 34.0 Å². The molecule has 2 fully saturated rings. The third-order valence-electron chi connectivity index (χ3n) is 9.31. The fourth-order valence-corrected chi connectivity index (χ4v) is 6.24. The lowest BCUT2D eigenvalue weighted by Gasteiger charge is -2.42. The number of rotatable bonds is 12. The number of aliphatic hydroxyl groups excluding tert-OH is 5. The van der Waals surface area contributed by atoms with Crippen LogP contribution in [0.3, 0.4) is 0 Å². The average molecular weight is 773 g/mol. The van der Waals surface area contributed by atoms with Crippen molar-refractivity contribution in [3.63, 3.8) is 0 Å². The molecule has 2 saturated heterocycles. The van der Waals surface area contributed by atoms with Crippen LogP contribution < -0.4 is 23.7 Å². The number of aliphatic hydroxyl groups is 6. The highest BCUT2D eigenvalue weighted by molar-refractivity contribution is 6.03. The molecule has 0 saturated carbocycles. The second kappa shape index (κ2) is 16.4. The number of esters is 1. The minimum atomic E-state index is -2.03. The molecule has 0 radical (unpaired) electrons. The molecule has 0 aromatic heterocycles. The lowest BCUT2D eigenvalue weighted by atomic mass is 9.95. The topological polar surface area (TPSA) is 270 Å². The summed E-state index contributed by atoms with van der Waals surface area (Å²) in [6.45, 7) is -2.02. The summed E-state index contributed by atoms with van der Waals surface area (Å²) in [4.78, 5) is 25.8. The second-order valence-electron chi connectivity index (χ2n) is 13.0. The van der Waals surface area contributed by atoms with Crippen LogP contribution in [0, 0.1) is 0 Å². The molecule has 6 rings (SSSR count). The summed E-state index contributed by atoms with van der Waals surface area (Å²) in [6.07, 6.45) is -9.40. The molecule has 0 spiro atoms. The molecule has 0 bridgehead atoms. The van der Waals surface area contributed by atoms with Gasteiger partial charge in [-0.05, 0) is 41.5 Å². The Balaban J connectivity index is 1.14. The van der Waals surface area contributed by atoms with Crippen molar-refractivity contribution < 1.29 is 88.3 Å². The average Bonchev–Trinajstić information content (AvgIpc) is 3.46. The molecule has 3 heterocycles. The van der Waals surface area contributed by atoms with Gasteiger partial charge in [0.1, 0.15) is 64.7 Å². The summed E-state index contributed by atoms with van der Waals surface area (Å²) in [5, 5.41) is 82.0. The van der Waals surface area contributed by atoms with E-state index in [-0.39, 0.29) is 46.5 Å². The van der Waals surface area contributed by atoms with Crippen LogP contribution in [-0.2, 0) is 19.0 Å². The number of methoxy groups -OCH3 is 2. The van der Waals surface area contributed by atoms with Gasteiger partial charge in [0, 0.05) is 18.2 Å². The summed E-state index contributed by atoms with van der Waals surface area (Å²) < 4.78 is 44.2. The molecule has 0 aliphatic carbocycles. The highest BCUT2D eigenvalue weighted by atomic mass is 16.8. The molecule has 18 heteroatoms. The van der Waals surface area contributed by atoms with Gasteiger partial charge in [0.2, 0.25) is 12.0 Å². The number of aromatic hydroxyl groups is 2. The minimum Gasteiger partial charge on any atom is -0.507 e. The Labute approximate surface area is 312 Å². The third-order valence-corrected chi connectivity index (χ3v) is 9.31. The first kappa shape index (κ1) is 39.7. The van der Waals surface area contributed by atoms with Crippen LogP contribution >= 0.6 is 0 Å². The maximum absolute atomic E-state index is 13.1. The molecule has 3 aromatic rings. The number of phenols is 2. The SMILES string of the molecule is COc1cc(/C=C/C(=O)Oc2cc(O)c3c(c2)O[C@H](c2ccc(O[C@@H]4O[C@H](CO)[C@@H](O)[C@H](O)[C@H]4O[C@@H]4OC[C@@](O)(CO)[C@H]4O)cc2)CC3=O)cc(OC)c1O. The van der Waals surface area contributed by atoms with Crippen molar-refractivity contribution in [1.29, 1.82) is 0 Å². The van der Waals surface area contributed by atoms with Gasteiger partial charge in [-0.25, -0.2) is 4.79 Å². The molecular weight excluding hydrogens is 732 g/mol. The van der Waals surface area contributed by atoms with E-state index < -0.39 is 92.1 Å². The van der Waals surface area contributed by atoms with Crippen molar-refractivity contribution in [1.82, 2.24) is 0 Å². The summed E-state index contributed by atoms with van der Waals surface area (Å²) in [6, 6.07) is 11.5. The Bertz CT molecular complexity index is 1870. The van der Waals surface area contributed by atoms with Gasteiger partial charge >= 0.3 is 5.97 Å². The number of ether oxygens (including phenoxy) is 8. The zero-order valence-corrected chi connectivity index (χ0v) is 29.4. The second-order valence-corrected chi connectivity index (χ2v) is 13.0. The first-order valence-electron chi connectivity index (χ1n) is 16.9. The summed E-state index contributed by atoms with van der Waals surface area (Å²) >= 11 is 0. The first-order valence-corrected chi connectivity index (χ1v) is 16.9. The number of hydrogen-bond donors (Lipinski definition) is 8. The van der Waals surface area contributed by atoms with E-state index in [1.807, 2.05) is 0 Å². The smallest absolute Gasteiger partial charge is 0.336 e. The number of hydrogen-bond acceptors (Lipinski definition) is 18. The summed E-state index contributed by atoms with van der Waals surface area (Å²) in [5.74, 6) is -1.71. The molecule has 3 aliphatic heterocycles. The first-order chi connectivity index (χ1) is 26.3. The Kier molecular flexibility index (Phi) is 11.8. The van der Waals surface area contributed by atoms with E-state index >= 15 is 0 Å². The maximum atomic E-state index is 13.1. The molecule has 9 atom stereocenters. The molecule has 296 valence electrons. The van der Waals surface area contributed by atoms with Crippen LogP contribution in [0.2, 0.25) is 0 Å². The number of phenolic OH excluding ortho intramolecular Hbond substituents is 2. The van der Waals surface area contributed by atoms with Gasteiger partial charge in [0.15, 0.2) is 29.7 Å². The van der Waals surface area contributed by atoms with E-state index in [0.717, 1.165) is 12.1 Å². The van der Waals surface area contributed by atoms with E-state index in [2.05, 4.69) is 0 Å². The normalized spacial score (nSPS) is 29.1. The van der Waals surface area contributed by atoms with Gasteiger partial charge < -0.3 is 78.7 Å². The van der Waals surface area contributed by atoms with Crippen LogP contribution in [0.15, 0.2) is 54.6 Å². The van der Waals surface area contributed by atoms with Gasteiger partial charge in [-0.2, -0.15) is 0 Å². The Hall–Kier alpha value is -5.02. The van der Waals surface area contributed by atoms with E-state index in [9.17, 15) is 50.4 Å². The molecule has 18 nitrogen and oxygen atoms in total. The monoisotopic (exact) mass is 772 g/mol. The van der Waals surface area contributed by atoms with Crippen molar-refractivity contribution in [3.05, 3.63) is 71.3 Å². The van der Waals surface area contributed by atoms with Crippen LogP contribution in [0.25, 0.3) is 6.08 Å². The van der Waals surface area contributed by atoms with Gasteiger partial charge in [-0.3, -0.25) is 4.79 Å². The maximum Gasteiger partial charge on any atom is 0.336 e. The molecule has 8 N–H and O–H groups in total. The molecule has 3 aromatic carbocycles. The zero-order chi connectivity index (χ0) is 39.6. The highest BCUT2D eigenvalue weighted by Crippen LogP contribution is 2.43. The predicted molar refractivity (Wildman–Crippen MR) is 184 cm³/mol. The van der Waals surface area contributed by atoms with Crippen molar-refractivity contribution in [2.24, 2.45) is 0 Å². The van der Waals surface area contributed by atoms with Crippen molar-refractivity contribution in [2.45, 2.75) is 61.2 Å². The van der Waals surface area contributed by atoms with Crippen LogP contribution in [0.5, 0.6) is 40.2 Å². The van der Waals surface area contributed by atoms with Crippen LogP contribution in [-0.4, -0.2) is 135 Å². The van der Waals surface area contributed by atoms with Crippen LogP contribution in [0.4, 0.5) is 0 Å². The fourth-order valence-electron chi connectivity index (χ4n) is 6.24. The number of carbonyl (C=O) groups excluding carboxylic acids is 2. The molecule has 0 amide bonds. The minimum absolute atomic E-state index is 0.0380. The standard InChI is InChI=1S/C37H40O18/c1-48-25-9-17(10-26(49-2)30(25)43)3-8-28(42)51-20-11-21(40)29-22(41)13-23(53-24(29)12-20)18-4-6-19(7-5-18)52-35-33(32(45)31(44)27(14-38)54-35)55-36-34(46)37(47,15-39)16-50-36/h3-12,23,27,31-36,38-40,43-47H,13-16H2,1-2H3/b8-3+/t23-,27+,31+,32-,33+,34-,35+,36-,37-/m0/s1. The van der Waals surface area contributed by atoms with Gasteiger partial charge in [-0.1, -0.05) is 12.1 Å². The van der Waals surface area contributed by atoms with E-state index in [1.165, 1.54) is 50.6 Å². The lowest BCUT2D eigenvalue weighted by molar-refractivity contribution is -0.318. The number of benzene rings is 3. The quantitative estimate of drug-likeness (QED) is 0.0688. The molecule has 0 unspecified atom stereocenters. The van der Waals surface area contributed by atoms with Gasteiger partial charge in [0.05, 0.1) is 40.5 Å². The highest BCUT2D eigenvalue weighted by Gasteiger charge is 2.53. The van der Waals surface area contributed by atoms with E-state index in [0.29, 0.717) is 11.1 Å². The van der Waals surface area contributed by atoms with Crippen molar-refractivity contribution in [3.8, 4) is 40.2 Å². The summed E-state index contributed by atoms with van der Waals surface area (Å²) in [7, 11) is 2.72. The number of ketones is 1. The molecule has 3 aliphatic rings.